The zero-order chi connectivity index (χ0) is 28.9. The third-order valence-corrected chi connectivity index (χ3v) is 7.62. The molecule has 4 N–H and O–H groups in total. The Hall–Kier alpha value is -3.41. The predicted molar refractivity (Wildman–Crippen MR) is 135 cm³/mol. The topological polar surface area (TPSA) is 101 Å². The molecule has 0 spiro atoms. The molecule has 0 radical (unpaired) electrons. The van der Waals surface area contributed by atoms with E-state index in [1.165, 1.54) is 35.6 Å². The molecule has 39 heavy (non-hydrogen) atoms. The molecule has 3 aromatic rings. The summed E-state index contributed by atoms with van der Waals surface area (Å²) in [4.78, 5) is 37.0. The zero-order valence-corrected chi connectivity index (χ0v) is 21.4. The second kappa shape index (κ2) is 10.3. The van der Waals surface area contributed by atoms with Gasteiger partial charge in [0.1, 0.15) is 27.1 Å². The van der Waals surface area contributed by atoms with Gasteiger partial charge in [0.15, 0.2) is 5.82 Å². The van der Waals surface area contributed by atoms with E-state index >= 15 is 0 Å². The van der Waals surface area contributed by atoms with E-state index in [9.17, 15) is 36.3 Å². The quantitative estimate of drug-likeness (QED) is 0.230. The second-order valence-corrected chi connectivity index (χ2v) is 10.3. The lowest BCUT2D eigenvalue weighted by molar-refractivity contribution is -0.126. The van der Waals surface area contributed by atoms with Crippen LogP contribution < -0.4 is 16.4 Å². The van der Waals surface area contributed by atoms with Gasteiger partial charge in [0.05, 0.1) is 16.3 Å². The molecule has 1 aliphatic rings. The van der Waals surface area contributed by atoms with Crippen LogP contribution in [-0.4, -0.2) is 28.5 Å². The van der Waals surface area contributed by atoms with E-state index < -0.39 is 68.6 Å². The predicted octanol–water partition coefficient (Wildman–Crippen LogP) is 5.91. The van der Waals surface area contributed by atoms with Crippen molar-refractivity contribution in [2.75, 3.05) is 10.6 Å². The molecule has 3 aromatic carbocycles. The van der Waals surface area contributed by atoms with Crippen molar-refractivity contribution in [3.8, 4) is 0 Å². The Balaban J connectivity index is 1.72. The number of alkyl halides is 4. The average Bonchev–Trinajstić information content (AvgIpc) is 3.40. The molecule has 0 bridgehead atoms. The van der Waals surface area contributed by atoms with Crippen molar-refractivity contribution in [2.24, 2.45) is 5.73 Å². The molecule has 3 amide bonds. The highest BCUT2D eigenvalue weighted by atomic mass is 35.5. The van der Waals surface area contributed by atoms with Crippen molar-refractivity contribution in [1.82, 2.24) is 0 Å². The van der Waals surface area contributed by atoms with Crippen LogP contribution in [-0.2, 0) is 15.0 Å². The summed E-state index contributed by atoms with van der Waals surface area (Å²) in [6.07, 6.45) is -3.56. The Labute approximate surface area is 232 Å². The highest BCUT2D eigenvalue weighted by molar-refractivity contribution is 6.55. The largest absolute Gasteiger partial charge is 0.369 e. The van der Waals surface area contributed by atoms with Gasteiger partial charge in [0, 0.05) is 5.92 Å². The van der Waals surface area contributed by atoms with Gasteiger partial charge >= 0.3 is 6.43 Å². The summed E-state index contributed by atoms with van der Waals surface area (Å²) in [6, 6.07) is 10.3. The number of hydrogen-bond donors (Lipinski definition) is 3. The van der Waals surface area contributed by atoms with Crippen LogP contribution in [0.15, 0.2) is 54.6 Å². The first-order valence-corrected chi connectivity index (χ1v) is 12.0. The molecular weight excluding hydrogens is 592 g/mol. The number of rotatable bonds is 7. The van der Waals surface area contributed by atoms with E-state index in [2.05, 4.69) is 5.32 Å². The Morgan fingerprint density at radius 1 is 0.949 bits per heavy atom. The molecule has 0 aromatic heterocycles. The Kier molecular flexibility index (Phi) is 7.54. The number of primary amides is 1. The van der Waals surface area contributed by atoms with Crippen molar-refractivity contribution >= 4 is 63.9 Å². The second-order valence-electron chi connectivity index (χ2n) is 8.51. The fourth-order valence-electron chi connectivity index (χ4n) is 4.43. The summed E-state index contributed by atoms with van der Waals surface area (Å²) in [5.41, 5.74) is 1.94. The van der Waals surface area contributed by atoms with Gasteiger partial charge in [-0.1, -0.05) is 53.0 Å². The smallest absolute Gasteiger partial charge is 0.315 e. The normalized spacial score (nSPS) is 19.5. The van der Waals surface area contributed by atoms with E-state index in [0.29, 0.717) is 6.07 Å². The number of amides is 3. The minimum absolute atomic E-state index is 0.0354. The summed E-state index contributed by atoms with van der Waals surface area (Å²) in [5, 5.41) is 3.32. The maximum absolute atomic E-state index is 14.8. The molecule has 2 atom stereocenters. The van der Waals surface area contributed by atoms with E-state index in [1.54, 1.807) is 0 Å². The number of halogens is 8. The number of nitrogens with one attached hydrogen (secondary N) is 2. The SMILES string of the molecule is NC(=O)C1(c2ccc(Cl)c(C(=O)Nc3ccc(F)c(NC(=O)C(F)F)c3F)c2)C(c2cccc(F)c2)C1(Cl)Cl. The number of carbonyl (C=O) groups excluding carboxylic acids is 3. The van der Waals surface area contributed by atoms with Crippen LogP contribution in [0.3, 0.4) is 0 Å². The van der Waals surface area contributed by atoms with Gasteiger partial charge in [-0.3, -0.25) is 14.4 Å². The number of benzene rings is 3. The van der Waals surface area contributed by atoms with E-state index in [-0.39, 0.29) is 21.7 Å². The lowest BCUT2D eigenvalue weighted by Gasteiger charge is -2.18. The molecule has 0 saturated heterocycles. The molecule has 14 heteroatoms. The minimum atomic E-state index is -3.56. The summed E-state index contributed by atoms with van der Waals surface area (Å²) in [6.45, 7) is 0. The maximum atomic E-state index is 14.8. The van der Waals surface area contributed by atoms with Crippen LogP contribution >= 0.6 is 34.8 Å². The molecule has 6 nitrogen and oxygen atoms in total. The molecule has 1 aliphatic carbocycles. The first-order valence-electron chi connectivity index (χ1n) is 10.8. The third kappa shape index (κ3) is 4.79. The molecule has 0 heterocycles. The van der Waals surface area contributed by atoms with E-state index in [1.807, 2.05) is 0 Å². The standard InChI is InChI=1S/C25H15Cl3F5N3O3/c26-14-5-4-11(24(23(34)39)19(25(24,27)28)10-2-1-3-12(29)8-10)9-13(14)21(37)35-16-7-6-15(30)18(17(16)31)36-22(38)20(32)33/h1-9,19-20H,(H2,34,39)(H,35,37)(H,36,38). The molecule has 4 rings (SSSR count). The molecule has 1 fully saturated rings. The summed E-state index contributed by atoms with van der Waals surface area (Å²) >= 11 is 19.2. The lowest BCUT2D eigenvalue weighted by atomic mass is 9.88. The number of anilines is 2. The summed E-state index contributed by atoms with van der Waals surface area (Å²) < 4.78 is 66.0. The molecular formula is C25H15Cl3F5N3O3. The van der Waals surface area contributed by atoms with Crippen molar-refractivity contribution in [1.29, 1.82) is 0 Å². The van der Waals surface area contributed by atoms with Crippen LogP contribution in [0.25, 0.3) is 0 Å². The first-order chi connectivity index (χ1) is 18.2. The number of hydrogen-bond acceptors (Lipinski definition) is 3. The third-order valence-electron chi connectivity index (χ3n) is 6.26. The highest BCUT2D eigenvalue weighted by Crippen LogP contribution is 2.74. The Morgan fingerprint density at radius 2 is 1.64 bits per heavy atom. The van der Waals surface area contributed by atoms with E-state index in [0.717, 1.165) is 18.2 Å². The summed E-state index contributed by atoms with van der Waals surface area (Å²) in [5.74, 6) is -8.59. The fourth-order valence-corrected chi connectivity index (χ4v) is 5.73. The van der Waals surface area contributed by atoms with Gasteiger partial charge in [-0.05, 0) is 47.5 Å². The van der Waals surface area contributed by atoms with Crippen LogP contribution in [0.2, 0.25) is 5.02 Å². The first kappa shape index (κ1) is 28.6. The van der Waals surface area contributed by atoms with Gasteiger partial charge in [-0.25, -0.2) is 13.2 Å². The molecule has 2 unspecified atom stereocenters. The van der Waals surface area contributed by atoms with Crippen LogP contribution in [0.1, 0.15) is 27.4 Å². The highest BCUT2D eigenvalue weighted by Gasteiger charge is 2.80. The van der Waals surface area contributed by atoms with Crippen molar-refractivity contribution in [2.45, 2.75) is 22.1 Å². The van der Waals surface area contributed by atoms with Crippen LogP contribution in [0, 0.1) is 17.5 Å². The zero-order valence-electron chi connectivity index (χ0n) is 19.2. The monoisotopic (exact) mass is 605 g/mol. The number of nitrogens with two attached hydrogens (primary N) is 1. The van der Waals surface area contributed by atoms with Gasteiger partial charge < -0.3 is 16.4 Å². The number of carbonyl (C=O) groups is 3. The van der Waals surface area contributed by atoms with Crippen molar-refractivity contribution in [3.63, 3.8) is 0 Å². The van der Waals surface area contributed by atoms with Gasteiger partial charge in [0.25, 0.3) is 11.8 Å². The van der Waals surface area contributed by atoms with Crippen LogP contribution in [0.5, 0.6) is 0 Å². The van der Waals surface area contributed by atoms with Crippen molar-refractivity contribution in [3.05, 3.63) is 93.8 Å². The Bertz CT molecular complexity index is 1520. The Morgan fingerprint density at radius 3 is 2.26 bits per heavy atom. The fraction of sp³-hybridized carbons (Fsp3) is 0.160. The van der Waals surface area contributed by atoms with Gasteiger partial charge in [-0.2, -0.15) is 8.78 Å². The van der Waals surface area contributed by atoms with Crippen molar-refractivity contribution < 1.29 is 36.3 Å². The maximum Gasteiger partial charge on any atom is 0.315 e. The molecule has 0 aliphatic heterocycles. The average molecular weight is 607 g/mol. The van der Waals surface area contributed by atoms with Crippen LogP contribution in [0.4, 0.5) is 33.3 Å². The minimum Gasteiger partial charge on any atom is -0.369 e. The molecule has 1 saturated carbocycles. The van der Waals surface area contributed by atoms with E-state index in [4.69, 9.17) is 40.5 Å². The van der Waals surface area contributed by atoms with Gasteiger partial charge in [0.2, 0.25) is 5.91 Å². The summed E-state index contributed by atoms with van der Waals surface area (Å²) in [7, 11) is 0. The lowest BCUT2D eigenvalue weighted by Crippen LogP contribution is -2.34. The molecule has 204 valence electrons. The van der Waals surface area contributed by atoms with Gasteiger partial charge in [-0.15, -0.1) is 0 Å².